The summed E-state index contributed by atoms with van der Waals surface area (Å²) in [6.45, 7) is 11.1. The maximum absolute atomic E-state index is 13.5. The number of carbonyl (C=O) groups excluding carboxylic acids is 2. The molecule has 1 atom stereocenters. The molecule has 212 valence electrons. The van der Waals surface area contributed by atoms with E-state index in [9.17, 15) is 19.5 Å². The Bertz CT molecular complexity index is 1160. The van der Waals surface area contributed by atoms with Gasteiger partial charge in [0.15, 0.2) is 0 Å². The van der Waals surface area contributed by atoms with Gasteiger partial charge in [-0.3, -0.25) is 9.69 Å². The molecule has 1 N–H and O–H groups in total. The van der Waals surface area contributed by atoms with Crippen LogP contribution in [0.1, 0.15) is 74.9 Å². The summed E-state index contributed by atoms with van der Waals surface area (Å²) in [5.41, 5.74) is 1.13. The summed E-state index contributed by atoms with van der Waals surface area (Å²) in [6, 6.07) is 12.3. The number of piperidine rings is 1. The van der Waals surface area contributed by atoms with Gasteiger partial charge in [-0.25, -0.2) is 9.59 Å². The van der Waals surface area contributed by atoms with Crippen molar-refractivity contribution in [3.63, 3.8) is 0 Å². The number of aromatic carboxylic acids is 1. The van der Waals surface area contributed by atoms with Gasteiger partial charge >= 0.3 is 12.1 Å². The van der Waals surface area contributed by atoms with Crippen LogP contribution >= 0.6 is 0 Å². The predicted molar refractivity (Wildman–Crippen MR) is 147 cm³/mol. The number of benzene rings is 2. The summed E-state index contributed by atoms with van der Waals surface area (Å²) in [5, 5.41) is 9.37. The van der Waals surface area contributed by atoms with Gasteiger partial charge in [-0.1, -0.05) is 12.1 Å². The summed E-state index contributed by atoms with van der Waals surface area (Å²) in [6.07, 6.45) is 1.05. The lowest BCUT2D eigenvalue weighted by molar-refractivity contribution is -0.133. The summed E-state index contributed by atoms with van der Waals surface area (Å²) >= 11 is 0. The molecule has 39 heavy (non-hydrogen) atoms. The van der Waals surface area contributed by atoms with E-state index in [1.165, 1.54) is 4.90 Å². The number of carbonyl (C=O) groups is 3. The molecule has 0 aliphatic carbocycles. The molecule has 0 bridgehead atoms. The number of ether oxygens (including phenoxy) is 3. The lowest BCUT2D eigenvalue weighted by Crippen LogP contribution is -2.47. The van der Waals surface area contributed by atoms with Gasteiger partial charge in [0.2, 0.25) is 5.91 Å². The van der Waals surface area contributed by atoms with E-state index in [0.29, 0.717) is 37.8 Å². The first kappa shape index (κ1) is 29.8. The molecular formula is C30H40N2O7. The zero-order valence-corrected chi connectivity index (χ0v) is 23.6. The van der Waals surface area contributed by atoms with Crippen molar-refractivity contribution >= 4 is 18.0 Å². The molecule has 1 aliphatic heterocycles. The Morgan fingerprint density at radius 1 is 1.05 bits per heavy atom. The highest BCUT2D eigenvalue weighted by Gasteiger charge is 2.30. The zero-order chi connectivity index (χ0) is 28.6. The summed E-state index contributed by atoms with van der Waals surface area (Å²) < 4.78 is 17.1. The monoisotopic (exact) mass is 540 g/mol. The van der Waals surface area contributed by atoms with Gasteiger partial charge in [-0.05, 0) is 77.3 Å². The number of carboxylic acid groups (broad SMARTS) is 1. The SMILES string of the molecule is CCOc1ccc(CN(CC(=O)N2CCCC(c3cccc(C(=O)O)c3)C2)C(=O)OC(C)(C)C)c(OCC)c1. The number of hydrogen-bond acceptors (Lipinski definition) is 6. The molecule has 1 heterocycles. The van der Waals surface area contributed by atoms with Crippen molar-refractivity contribution in [2.24, 2.45) is 0 Å². The van der Waals surface area contributed by atoms with Crippen LogP contribution in [-0.4, -0.2) is 71.3 Å². The number of amides is 2. The van der Waals surface area contributed by atoms with Gasteiger partial charge in [0.25, 0.3) is 0 Å². The molecule has 2 aromatic carbocycles. The van der Waals surface area contributed by atoms with Crippen LogP contribution < -0.4 is 9.47 Å². The molecule has 1 fully saturated rings. The molecule has 3 rings (SSSR count). The van der Waals surface area contributed by atoms with Crippen molar-refractivity contribution in [2.45, 2.75) is 65.5 Å². The average molecular weight is 541 g/mol. The minimum atomic E-state index is -0.977. The maximum atomic E-state index is 13.5. The second-order valence-electron chi connectivity index (χ2n) is 10.6. The Morgan fingerprint density at radius 2 is 1.79 bits per heavy atom. The third-order valence-electron chi connectivity index (χ3n) is 6.37. The van der Waals surface area contributed by atoms with E-state index in [1.54, 1.807) is 49.9 Å². The fourth-order valence-corrected chi connectivity index (χ4v) is 4.59. The lowest BCUT2D eigenvalue weighted by Gasteiger charge is -2.35. The average Bonchev–Trinajstić information content (AvgIpc) is 2.89. The van der Waals surface area contributed by atoms with E-state index in [1.807, 2.05) is 32.0 Å². The molecule has 0 spiro atoms. The quantitative estimate of drug-likeness (QED) is 0.434. The summed E-state index contributed by atoms with van der Waals surface area (Å²) in [5.74, 6) is 0.0996. The summed E-state index contributed by atoms with van der Waals surface area (Å²) in [7, 11) is 0. The Kier molecular flexibility index (Phi) is 10.2. The van der Waals surface area contributed by atoms with Crippen molar-refractivity contribution in [3.05, 3.63) is 59.2 Å². The van der Waals surface area contributed by atoms with Crippen molar-refractivity contribution in [2.75, 3.05) is 32.8 Å². The molecule has 2 aromatic rings. The molecule has 0 saturated carbocycles. The fourth-order valence-electron chi connectivity index (χ4n) is 4.59. The van der Waals surface area contributed by atoms with Gasteiger partial charge in [0, 0.05) is 30.6 Å². The smallest absolute Gasteiger partial charge is 0.411 e. The first-order valence-corrected chi connectivity index (χ1v) is 13.5. The van der Waals surface area contributed by atoms with Crippen LogP contribution in [0.5, 0.6) is 11.5 Å². The van der Waals surface area contributed by atoms with Gasteiger partial charge in [-0.15, -0.1) is 0 Å². The molecule has 1 saturated heterocycles. The molecular weight excluding hydrogens is 500 g/mol. The summed E-state index contributed by atoms with van der Waals surface area (Å²) in [4.78, 5) is 41.3. The molecule has 1 unspecified atom stereocenters. The van der Waals surface area contributed by atoms with Gasteiger partial charge in [0.1, 0.15) is 23.6 Å². The van der Waals surface area contributed by atoms with Crippen LogP contribution in [0.2, 0.25) is 0 Å². The number of nitrogens with zero attached hydrogens (tertiary/aromatic N) is 2. The first-order valence-electron chi connectivity index (χ1n) is 13.5. The maximum Gasteiger partial charge on any atom is 0.411 e. The van der Waals surface area contributed by atoms with E-state index >= 15 is 0 Å². The van der Waals surface area contributed by atoms with Crippen molar-refractivity contribution in [1.29, 1.82) is 0 Å². The highest BCUT2D eigenvalue weighted by atomic mass is 16.6. The first-order chi connectivity index (χ1) is 18.5. The molecule has 9 nitrogen and oxygen atoms in total. The second kappa shape index (κ2) is 13.4. The van der Waals surface area contributed by atoms with Crippen molar-refractivity contribution in [3.8, 4) is 11.5 Å². The molecule has 0 radical (unpaired) electrons. The number of hydrogen-bond donors (Lipinski definition) is 1. The van der Waals surface area contributed by atoms with Crippen LogP contribution in [0.25, 0.3) is 0 Å². The lowest BCUT2D eigenvalue weighted by atomic mass is 9.89. The predicted octanol–water partition coefficient (Wildman–Crippen LogP) is 5.33. The molecule has 2 amide bonds. The number of carboxylic acids is 1. The third-order valence-corrected chi connectivity index (χ3v) is 6.37. The standard InChI is InChI=1S/C30H40N2O7/c1-6-37-25-14-13-24(26(17-25)38-7-2)19-32(29(36)39-30(3,4)5)20-27(33)31-15-9-12-23(18-31)21-10-8-11-22(16-21)28(34)35/h8,10-11,13-14,16-17,23H,6-7,9,12,15,18-20H2,1-5H3,(H,34,35). The molecule has 0 aromatic heterocycles. The van der Waals surface area contributed by atoms with Crippen LogP contribution in [-0.2, 0) is 16.1 Å². The normalized spacial score (nSPS) is 15.4. The minimum absolute atomic E-state index is 0.0210. The van der Waals surface area contributed by atoms with E-state index in [-0.39, 0.29) is 30.5 Å². The van der Waals surface area contributed by atoms with E-state index in [4.69, 9.17) is 14.2 Å². The number of rotatable bonds is 10. The number of likely N-dealkylation sites (tertiary alicyclic amines) is 1. The van der Waals surface area contributed by atoms with Gasteiger partial charge < -0.3 is 24.2 Å². The Hall–Kier alpha value is -3.75. The molecule has 1 aliphatic rings. The Balaban J connectivity index is 1.80. The topological polar surface area (TPSA) is 106 Å². The highest BCUT2D eigenvalue weighted by molar-refractivity contribution is 5.87. The van der Waals surface area contributed by atoms with Crippen molar-refractivity contribution in [1.82, 2.24) is 9.80 Å². The van der Waals surface area contributed by atoms with Crippen LogP contribution in [0.15, 0.2) is 42.5 Å². The van der Waals surface area contributed by atoms with Crippen molar-refractivity contribution < 1.29 is 33.7 Å². The van der Waals surface area contributed by atoms with E-state index in [0.717, 1.165) is 24.0 Å². The van der Waals surface area contributed by atoms with Crippen LogP contribution in [0, 0.1) is 0 Å². The third kappa shape index (κ3) is 8.63. The highest BCUT2D eigenvalue weighted by Crippen LogP contribution is 2.29. The van der Waals surface area contributed by atoms with Crippen LogP contribution in [0.4, 0.5) is 4.79 Å². The van der Waals surface area contributed by atoms with Crippen LogP contribution in [0.3, 0.4) is 0 Å². The Morgan fingerprint density at radius 3 is 2.46 bits per heavy atom. The van der Waals surface area contributed by atoms with E-state index in [2.05, 4.69) is 0 Å². The Labute approximate surface area is 230 Å². The largest absolute Gasteiger partial charge is 0.494 e. The van der Waals surface area contributed by atoms with E-state index < -0.39 is 17.7 Å². The van der Waals surface area contributed by atoms with Gasteiger partial charge in [-0.2, -0.15) is 0 Å². The van der Waals surface area contributed by atoms with Gasteiger partial charge in [0.05, 0.1) is 25.3 Å². The second-order valence-corrected chi connectivity index (χ2v) is 10.6. The zero-order valence-electron chi connectivity index (χ0n) is 23.6. The fraction of sp³-hybridized carbons (Fsp3) is 0.500. The molecule has 9 heteroatoms. The minimum Gasteiger partial charge on any atom is -0.494 e.